The summed E-state index contributed by atoms with van der Waals surface area (Å²) >= 11 is 14.0. The smallest absolute Gasteiger partial charge is 0.272 e. The van der Waals surface area contributed by atoms with Crippen LogP contribution in [0.3, 0.4) is 0 Å². The molecule has 11 heteroatoms. The predicted octanol–water partition coefficient (Wildman–Crippen LogP) is 7.48. The molecule has 0 radical (unpaired) electrons. The molecule has 0 bridgehead atoms. The van der Waals surface area contributed by atoms with Gasteiger partial charge in [0, 0.05) is 50.1 Å². The number of nitrogens with one attached hydrogen (secondary N) is 4. The van der Waals surface area contributed by atoms with Crippen molar-refractivity contribution in [3.05, 3.63) is 124 Å². The molecule has 224 valence electrons. The van der Waals surface area contributed by atoms with Crippen molar-refractivity contribution in [2.24, 2.45) is 0 Å². The van der Waals surface area contributed by atoms with Gasteiger partial charge in [-0.25, -0.2) is 0 Å². The van der Waals surface area contributed by atoms with Gasteiger partial charge < -0.3 is 21.3 Å². The second-order valence-corrected chi connectivity index (χ2v) is 11.7. The average molecular weight is 648 g/mol. The summed E-state index contributed by atoms with van der Waals surface area (Å²) in [6.45, 7) is 3.21. The average Bonchev–Trinajstić information content (AvgIpc) is 3.00. The van der Waals surface area contributed by atoms with Crippen LogP contribution in [0.15, 0.2) is 108 Å². The Morgan fingerprint density at radius 2 is 1.25 bits per heavy atom. The van der Waals surface area contributed by atoms with E-state index in [2.05, 4.69) is 21.3 Å². The van der Waals surface area contributed by atoms with Crippen LogP contribution in [0.25, 0.3) is 6.08 Å². The van der Waals surface area contributed by atoms with E-state index in [9.17, 15) is 19.2 Å². The molecule has 0 spiro atoms. The third-order valence-electron chi connectivity index (χ3n) is 6.08. The number of carbonyl (C=O) groups excluding carboxylic acids is 4. The lowest BCUT2D eigenvalue weighted by molar-refractivity contribution is -0.115. The summed E-state index contributed by atoms with van der Waals surface area (Å²) in [5.41, 5.74) is 2.42. The van der Waals surface area contributed by atoms with E-state index in [1.54, 1.807) is 104 Å². The Labute approximate surface area is 269 Å². The maximum Gasteiger partial charge on any atom is 0.272 e. The van der Waals surface area contributed by atoms with Crippen molar-refractivity contribution in [2.45, 2.75) is 24.0 Å². The van der Waals surface area contributed by atoms with Gasteiger partial charge >= 0.3 is 0 Å². The highest BCUT2D eigenvalue weighted by atomic mass is 35.5. The van der Waals surface area contributed by atoms with Crippen LogP contribution in [0, 0.1) is 0 Å². The van der Waals surface area contributed by atoms with E-state index in [0.717, 1.165) is 4.90 Å². The number of thioether (sulfide) groups is 1. The Balaban J connectivity index is 1.42. The molecule has 4 aromatic rings. The summed E-state index contributed by atoms with van der Waals surface area (Å²) in [5, 5.41) is 11.2. The SMILES string of the molecule is CC(=O)Nc1ccc(NC(=O)C(C)Sc2ccc(NC(=O)/C(=C/c3c(Cl)cccc3Cl)NC(=O)c3ccccc3)cc2)cc1. The summed E-state index contributed by atoms with van der Waals surface area (Å²) in [6, 6.07) is 27.2. The molecule has 0 aromatic heterocycles. The largest absolute Gasteiger partial charge is 0.326 e. The highest BCUT2D eigenvalue weighted by molar-refractivity contribution is 8.00. The topological polar surface area (TPSA) is 116 Å². The lowest BCUT2D eigenvalue weighted by Gasteiger charge is -2.14. The third-order valence-corrected chi connectivity index (χ3v) is 7.86. The van der Waals surface area contributed by atoms with Crippen LogP contribution >= 0.6 is 35.0 Å². The molecule has 1 unspecified atom stereocenters. The minimum Gasteiger partial charge on any atom is -0.326 e. The summed E-state index contributed by atoms with van der Waals surface area (Å²) in [5.74, 6) is -1.42. The van der Waals surface area contributed by atoms with Gasteiger partial charge in [-0.2, -0.15) is 0 Å². The number of hydrogen-bond acceptors (Lipinski definition) is 5. The van der Waals surface area contributed by atoms with E-state index in [-0.39, 0.29) is 17.5 Å². The fourth-order valence-electron chi connectivity index (χ4n) is 3.89. The lowest BCUT2D eigenvalue weighted by atomic mass is 10.1. The zero-order valence-corrected chi connectivity index (χ0v) is 26.0. The second kappa shape index (κ2) is 15.2. The highest BCUT2D eigenvalue weighted by Gasteiger charge is 2.18. The number of halogens is 2. The van der Waals surface area contributed by atoms with Crippen molar-refractivity contribution in [1.29, 1.82) is 0 Å². The van der Waals surface area contributed by atoms with Gasteiger partial charge in [0.25, 0.3) is 11.8 Å². The fraction of sp³-hybridized carbons (Fsp3) is 0.0909. The van der Waals surface area contributed by atoms with Crippen molar-refractivity contribution >= 4 is 81.7 Å². The summed E-state index contributed by atoms with van der Waals surface area (Å²) in [6.07, 6.45) is 1.43. The molecule has 4 N–H and O–H groups in total. The van der Waals surface area contributed by atoms with E-state index in [4.69, 9.17) is 23.2 Å². The van der Waals surface area contributed by atoms with Gasteiger partial charge in [-0.15, -0.1) is 11.8 Å². The van der Waals surface area contributed by atoms with Gasteiger partial charge in [-0.3, -0.25) is 19.2 Å². The van der Waals surface area contributed by atoms with Crippen LogP contribution in [0.2, 0.25) is 10.0 Å². The molecule has 4 rings (SSSR count). The quantitative estimate of drug-likeness (QED) is 0.105. The third kappa shape index (κ3) is 9.21. The molecule has 44 heavy (non-hydrogen) atoms. The normalized spacial score (nSPS) is 11.7. The Morgan fingerprint density at radius 1 is 0.705 bits per heavy atom. The Hall–Kier alpha value is -4.57. The molecule has 0 saturated carbocycles. The molecule has 0 aliphatic heterocycles. The maximum absolute atomic E-state index is 13.3. The Kier molecular flexibility index (Phi) is 11.2. The minimum atomic E-state index is -0.581. The molecule has 4 amide bonds. The van der Waals surface area contributed by atoms with Crippen LogP contribution in [0.1, 0.15) is 29.8 Å². The van der Waals surface area contributed by atoms with Gasteiger partial charge in [0.15, 0.2) is 0 Å². The van der Waals surface area contributed by atoms with Gasteiger partial charge in [0.05, 0.1) is 5.25 Å². The zero-order chi connectivity index (χ0) is 31.6. The molecule has 8 nitrogen and oxygen atoms in total. The minimum absolute atomic E-state index is 0.0531. The van der Waals surface area contributed by atoms with Crippen molar-refractivity contribution in [2.75, 3.05) is 16.0 Å². The lowest BCUT2D eigenvalue weighted by Crippen LogP contribution is -2.30. The first kappa shape index (κ1) is 32.3. The molecule has 0 fully saturated rings. The van der Waals surface area contributed by atoms with Crippen molar-refractivity contribution in [3.63, 3.8) is 0 Å². The van der Waals surface area contributed by atoms with Gasteiger partial charge in [-0.1, -0.05) is 47.5 Å². The van der Waals surface area contributed by atoms with E-state index < -0.39 is 17.1 Å². The molecule has 0 saturated heterocycles. The van der Waals surface area contributed by atoms with Crippen LogP contribution < -0.4 is 21.3 Å². The monoisotopic (exact) mass is 646 g/mol. The van der Waals surface area contributed by atoms with E-state index in [1.807, 2.05) is 0 Å². The van der Waals surface area contributed by atoms with Crippen molar-refractivity contribution < 1.29 is 19.2 Å². The molecule has 4 aromatic carbocycles. The molecule has 0 heterocycles. The van der Waals surface area contributed by atoms with Crippen LogP contribution in [0.4, 0.5) is 17.1 Å². The Bertz CT molecular complexity index is 1680. The standard InChI is InChI=1S/C33H28Cl2N4O4S/c1-20(31(41)37-24-13-11-23(12-14-24)36-21(2)40)44-26-17-15-25(16-18-26)38-33(43)30(19-27-28(34)9-6-10-29(27)35)39-32(42)22-7-4-3-5-8-22/h3-20H,1-2H3,(H,36,40)(H,37,41)(H,38,43)(H,39,42)/b30-19-. The molecule has 0 aliphatic carbocycles. The molecular formula is C33H28Cl2N4O4S. The molecule has 1 atom stereocenters. The van der Waals surface area contributed by atoms with Gasteiger partial charge in [0.2, 0.25) is 11.8 Å². The number of amides is 4. The van der Waals surface area contributed by atoms with Gasteiger partial charge in [-0.05, 0) is 85.8 Å². The summed E-state index contributed by atoms with van der Waals surface area (Å²) < 4.78 is 0. The van der Waals surface area contributed by atoms with Crippen LogP contribution in [-0.2, 0) is 14.4 Å². The van der Waals surface area contributed by atoms with E-state index >= 15 is 0 Å². The van der Waals surface area contributed by atoms with Crippen LogP contribution in [0.5, 0.6) is 0 Å². The first-order valence-corrected chi connectivity index (χ1v) is 15.0. The number of carbonyl (C=O) groups is 4. The number of rotatable bonds is 10. The molecule has 0 aliphatic rings. The first-order chi connectivity index (χ1) is 21.1. The van der Waals surface area contributed by atoms with E-state index in [0.29, 0.717) is 38.2 Å². The predicted molar refractivity (Wildman–Crippen MR) is 178 cm³/mol. The number of anilines is 3. The van der Waals surface area contributed by atoms with Crippen molar-refractivity contribution in [1.82, 2.24) is 5.32 Å². The molecular weight excluding hydrogens is 619 g/mol. The highest BCUT2D eigenvalue weighted by Crippen LogP contribution is 2.28. The summed E-state index contributed by atoms with van der Waals surface area (Å²) in [7, 11) is 0. The van der Waals surface area contributed by atoms with Crippen molar-refractivity contribution in [3.8, 4) is 0 Å². The fourth-order valence-corrected chi connectivity index (χ4v) is 5.27. The maximum atomic E-state index is 13.3. The Morgan fingerprint density at radius 3 is 1.84 bits per heavy atom. The first-order valence-electron chi connectivity index (χ1n) is 13.4. The number of hydrogen-bond donors (Lipinski definition) is 4. The van der Waals surface area contributed by atoms with Crippen LogP contribution in [-0.4, -0.2) is 28.9 Å². The zero-order valence-electron chi connectivity index (χ0n) is 23.7. The summed E-state index contributed by atoms with van der Waals surface area (Å²) in [4.78, 5) is 51.0. The van der Waals surface area contributed by atoms with E-state index in [1.165, 1.54) is 24.8 Å². The van der Waals surface area contributed by atoms with Gasteiger partial charge in [0.1, 0.15) is 5.70 Å². The number of benzene rings is 4. The second-order valence-electron chi connectivity index (χ2n) is 9.50.